The Morgan fingerprint density at radius 2 is 1.56 bits per heavy atom. The van der Waals surface area contributed by atoms with Crippen LogP contribution in [-0.2, 0) is 9.53 Å². The number of anilines is 2. The molecule has 2 aromatic heterocycles. The summed E-state index contributed by atoms with van der Waals surface area (Å²) in [4.78, 5) is 36.1. The van der Waals surface area contributed by atoms with Gasteiger partial charge in [0, 0.05) is 39.3 Å². The van der Waals surface area contributed by atoms with Gasteiger partial charge in [0.1, 0.15) is 5.38 Å². The third-order valence-electron chi connectivity index (χ3n) is 6.42. The molecule has 0 aliphatic carbocycles. The number of ether oxygens (including phenoxy) is 1. The second kappa shape index (κ2) is 10.1. The van der Waals surface area contributed by atoms with Crippen molar-refractivity contribution in [3.05, 3.63) is 29.6 Å². The van der Waals surface area contributed by atoms with Crippen molar-refractivity contribution in [3.63, 3.8) is 0 Å². The van der Waals surface area contributed by atoms with Crippen molar-refractivity contribution in [2.45, 2.75) is 25.7 Å². The van der Waals surface area contributed by atoms with E-state index in [4.69, 9.17) is 21.3 Å². The summed E-state index contributed by atoms with van der Waals surface area (Å²) in [5.41, 5.74) is 1.76. The van der Waals surface area contributed by atoms with E-state index in [1.54, 1.807) is 24.0 Å². The summed E-state index contributed by atoms with van der Waals surface area (Å²) in [5, 5.41) is -0.598. The zero-order chi connectivity index (χ0) is 25.4. The van der Waals surface area contributed by atoms with E-state index >= 15 is 0 Å². The molecule has 2 saturated heterocycles. The predicted molar refractivity (Wildman–Crippen MR) is 131 cm³/mol. The third kappa shape index (κ3) is 4.66. The van der Waals surface area contributed by atoms with Gasteiger partial charge in [0.2, 0.25) is 23.8 Å². The number of aryl methyl sites for hydroxylation is 1. The molecule has 2 aliphatic heterocycles. The molecule has 192 valence electrons. The van der Waals surface area contributed by atoms with E-state index in [0.29, 0.717) is 75.4 Å². The number of hydrogen-bond donors (Lipinski definition) is 0. The molecule has 1 atom stereocenters. The first kappa shape index (κ1) is 24.6. The second-order valence-corrected chi connectivity index (χ2v) is 9.47. The Hall–Kier alpha value is -3.12. The van der Waals surface area contributed by atoms with Gasteiger partial charge in [0.15, 0.2) is 5.82 Å². The quantitative estimate of drug-likeness (QED) is 0.474. The van der Waals surface area contributed by atoms with Gasteiger partial charge >= 0.3 is 0 Å². The highest BCUT2D eigenvalue weighted by Gasteiger charge is 2.29. The van der Waals surface area contributed by atoms with Crippen LogP contribution in [0, 0.1) is 6.92 Å². The van der Waals surface area contributed by atoms with Crippen molar-refractivity contribution in [2.24, 2.45) is 0 Å². The van der Waals surface area contributed by atoms with Gasteiger partial charge in [-0.25, -0.2) is 13.8 Å². The Balaban J connectivity index is 1.58. The van der Waals surface area contributed by atoms with Crippen LogP contribution < -0.4 is 9.80 Å². The van der Waals surface area contributed by atoms with Gasteiger partial charge in [-0.05, 0) is 25.5 Å². The molecule has 0 saturated carbocycles. The van der Waals surface area contributed by atoms with E-state index in [1.165, 1.54) is 4.57 Å². The molecule has 2 aliphatic rings. The highest BCUT2D eigenvalue weighted by Crippen LogP contribution is 2.29. The number of morpholine rings is 1. The first-order valence-corrected chi connectivity index (χ1v) is 12.3. The minimum absolute atomic E-state index is 0.0813. The largest absolute Gasteiger partial charge is 0.378 e. The van der Waals surface area contributed by atoms with Gasteiger partial charge in [-0.15, -0.1) is 11.6 Å². The maximum atomic E-state index is 14.1. The van der Waals surface area contributed by atoms with E-state index in [2.05, 4.69) is 15.0 Å². The Bertz CT molecular complexity index is 1260. The zero-order valence-electron chi connectivity index (χ0n) is 20.1. The van der Waals surface area contributed by atoms with Gasteiger partial charge in [0.05, 0.1) is 24.2 Å². The van der Waals surface area contributed by atoms with Crippen LogP contribution in [-0.4, -0.2) is 93.2 Å². The summed E-state index contributed by atoms with van der Waals surface area (Å²) in [5.74, 6) is 0.292. The lowest BCUT2D eigenvalue weighted by atomic mass is 10.2. The molecule has 36 heavy (non-hydrogen) atoms. The number of piperazine rings is 1. The number of nitrogens with zero attached hydrogens (tertiary/aromatic N) is 8. The first-order valence-electron chi connectivity index (χ1n) is 11.9. The molecule has 0 radical (unpaired) electrons. The minimum atomic E-state index is -2.82. The van der Waals surface area contributed by atoms with Crippen LogP contribution in [0.4, 0.5) is 20.7 Å². The molecule has 0 N–H and O–H groups in total. The van der Waals surface area contributed by atoms with Gasteiger partial charge in [-0.3, -0.25) is 9.36 Å². The first-order chi connectivity index (χ1) is 17.3. The molecule has 4 heterocycles. The summed E-state index contributed by atoms with van der Waals surface area (Å²) >= 11 is 5.98. The molecule has 0 spiro atoms. The third-order valence-corrected chi connectivity index (χ3v) is 6.60. The summed E-state index contributed by atoms with van der Waals surface area (Å²) in [6.45, 7) is 7.54. The number of hydrogen-bond acceptors (Lipinski definition) is 8. The minimum Gasteiger partial charge on any atom is -0.378 e. The maximum Gasteiger partial charge on any atom is 0.296 e. The fourth-order valence-electron chi connectivity index (χ4n) is 4.48. The van der Waals surface area contributed by atoms with Gasteiger partial charge < -0.3 is 19.4 Å². The van der Waals surface area contributed by atoms with Crippen molar-refractivity contribution in [2.75, 3.05) is 62.3 Å². The number of alkyl halides is 3. The van der Waals surface area contributed by atoms with Crippen LogP contribution in [0.15, 0.2) is 18.2 Å². The monoisotopic (exact) mass is 520 g/mol. The summed E-state index contributed by atoms with van der Waals surface area (Å²) in [6.07, 6.45) is -2.82. The average Bonchev–Trinajstić information content (AvgIpc) is 3.30. The molecule has 1 amide bonds. The number of benzene rings is 1. The van der Waals surface area contributed by atoms with Gasteiger partial charge in [-0.1, -0.05) is 12.1 Å². The zero-order valence-corrected chi connectivity index (χ0v) is 20.8. The predicted octanol–water partition coefficient (Wildman–Crippen LogP) is 2.57. The van der Waals surface area contributed by atoms with Gasteiger partial charge in [-0.2, -0.15) is 15.0 Å². The highest BCUT2D eigenvalue weighted by atomic mass is 35.5. The smallest absolute Gasteiger partial charge is 0.296 e. The van der Waals surface area contributed by atoms with E-state index in [0.717, 1.165) is 5.56 Å². The number of carbonyl (C=O) groups is 1. The van der Waals surface area contributed by atoms with Crippen LogP contribution in [0.2, 0.25) is 0 Å². The van der Waals surface area contributed by atoms with E-state index < -0.39 is 17.6 Å². The lowest BCUT2D eigenvalue weighted by molar-refractivity contribution is -0.130. The van der Waals surface area contributed by atoms with E-state index in [9.17, 15) is 13.6 Å². The second-order valence-electron chi connectivity index (χ2n) is 8.81. The SMILES string of the molecule is Cc1cccc2c1nc(C(F)F)n2-c1nc(N2CCOCC2)nc(N2CCN(C(=O)C(C)Cl)CC2)n1. The fourth-order valence-corrected chi connectivity index (χ4v) is 4.62. The van der Waals surface area contributed by atoms with E-state index in [-0.39, 0.29) is 11.9 Å². The molecule has 10 nitrogen and oxygen atoms in total. The van der Waals surface area contributed by atoms with Crippen molar-refractivity contribution in [3.8, 4) is 5.95 Å². The Morgan fingerprint density at radius 1 is 0.944 bits per heavy atom. The van der Waals surface area contributed by atoms with Gasteiger partial charge in [0.25, 0.3) is 6.43 Å². The normalized spacial score (nSPS) is 17.8. The number of rotatable bonds is 5. The van der Waals surface area contributed by atoms with Crippen molar-refractivity contribution < 1.29 is 18.3 Å². The molecule has 3 aromatic rings. The fraction of sp³-hybridized carbons (Fsp3) is 0.522. The Morgan fingerprint density at radius 3 is 2.17 bits per heavy atom. The number of carbonyl (C=O) groups excluding carboxylic acids is 1. The molecule has 5 rings (SSSR count). The van der Waals surface area contributed by atoms with Crippen molar-refractivity contribution >= 4 is 40.4 Å². The summed E-state index contributed by atoms with van der Waals surface area (Å²) < 4.78 is 35.1. The van der Waals surface area contributed by atoms with Crippen molar-refractivity contribution in [1.82, 2.24) is 29.4 Å². The Kier molecular flexibility index (Phi) is 6.89. The molecule has 2 fully saturated rings. The van der Waals surface area contributed by atoms with Crippen LogP contribution in [0.3, 0.4) is 0 Å². The number of fused-ring (bicyclic) bond motifs is 1. The maximum absolute atomic E-state index is 14.1. The molecular weight excluding hydrogens is 494 g/mol. The molecular formula is C23H27ClF2N8O2. The molecule has 13 heteroatoms. The lowest BCUT2D eigenvalue weighted by Gasteiger charge is -2.35. The molecule has 1 aromatic carbocycles. The van der Waals surface area contributed by atoms with E-state index in [1.807, 2.05) is 22.8 Å². The van der Waals surface area contributed by atoms with Crippen LogP contribution >= 0.6 is 11.6 Å². The number of halogens is 3. The number of amides is 1. The topological polar surface area (TPSA) is 92.5 Å². The summed E-state index contributed by atoms with van der Waals surface area (Å²) in [6, 6.07) is 5.36. The molecule has 1 unspecified atom stereocenters. The molecule has 0 bridgehead atoms. The van der Waals surface area contributed by atoms with Crippen LogP contribution in [0.5, 0.6) is 0 Å². The number of para-hydroxylation sites is 1. The van der Waals surface area contributed by atoms with Crippen molar-refractivity contribution in [1.29, 1.82) is 0 Å². The average molecular weight is 521 g/mol. The summed E-state index contributed by atoms with van der Waals surface area (Å²) in [7, 11) is 0. The number of aromatic nitrogens is 5. The highest BCUT2D eigenvalue weighted by molar-refractivity contribution is 6.30. The standard InChI is InChI=1S/C23H27ClF2N8O2/c1-14-4-3-5-16-17(14)27-19(18(25)26)34(16)23-29-21(28-22(30-23)33-10-12-36-13-11-33)32-8-6-31(7-9-32)20(35)15(2)24/h3-5,15,18H,6-13H2,1-2H3. The number of imidazole rings is 1. The van der Waals surface area contributed by atoms with Crippen LogP contribution in [0.25, 0.3) is 17.0 Å². The Labute approximate surface area is 211 Å². The van der Waals surface area contributed by atoms with Crippen LogP contribution in [0.1, 0.15) is 24.7 Å². The lowest BCUT2D eigenvalue weighted by Crippen LogP contribution is -2.51.